The molecule has 0 N–H and O–H groups in total. The molecular formula is C66H63BO. The maximum atomic E-state index is 6.70. The van der Waals surface area contributed by atoms with Crippen molar-refractivity contribution in [1.29, 1.82) is 0 Å². The van der Waals surface area contributed by atoms with Gasteiger partial charge in [0.1, 0.15) is 11.9 Å². The molecule has 7 unspecified atom stereocenters. The van der Waals surface area contributed by atoms with Crippen molar-refractivity contribution in [3.63, 3.8) is 0 Å². The minimum Gasteiger partial charge on any atom is -0.485 e. The van der Waals surface area contributed by atoms with Gasteiger partial charge in [-0.3, -0.25) is 0 Å². The number of fused-ring (bicyclic) bond motifs is 4. The summed E-state index contributed by atoms with van der Waals surface area (Å²) in [6.45, 7) is 16.0. The predicted molar refractivity (Wildman–Crippen MR) is 285 cm³/mol. The fraction of sp³-hybridized carbons (Fsp3) is 0.303. The maximum absolute atomic E-state index is 6.70. The lowest BCUT2D eigenvalue weighted by Crippen LogP contribution is -2.56. The Balaban J connectivity index is 0.779. The molecule has 1 nitrogen and oxygen atoms in total. The summed E-state index contributed by atoms with van der Waals surface area (Å²) in [4.78, 5) is 0. The molecule has 7 atom stereocenters. The monoisotopic (exact) mass is 882 g/mol. The number of rotatable bonds is 9. The molecule has 0 saturated heterocycles. The van der Waals surface area contributed by atoms with Gasteiger partial charge in [0.25, 0.3) is 0 Å². The molecule has 13 rings (SSSR count). The summed E-state index contributed by atoms with van der Waals surface area (Å²) in [5.74, 6) is 2.96. The zero-order valence-electron chi connectivity index (χ0n) is 41.0. The maximum Gasteiger partial charge on any atom is 0.242 e. The summed E-state index contributed by atoms with van der Waals surface area (Å²) in [6.07, 6.45) is 15.0. The number of ether oxygens (including phenoxy) is 1. The van der Waals surface area contributed by atoms with Crippen LogP contribution in [0, 0.1) is 65.7 Å². The zero-order chi connectivity index (χ0) is 46.3. The fourth-order valence-corrected chi connectivity index (χ4v) is 15.9. The molecule has 1 spiro atoms. The van der Waals surface area contributed by atoms with Crippen LogP contribution in [0.4, 0.5) is 0 Å². The molecule has 7 aromatic rings. The molecule has 7 aromatic carbocycles. The van der Waals surface area contributed by atoms with Crippen LogP contribution in [-0.4, -0.2) is 12.8 Å². The van der Waals surface area contributed by atoms with Crippen LogP contribution in [-0.2, 0) is 17.3 Å². The summed E-state index contributed by atoms with van der Waals surface area (Å²) in [5, 5.41) is 0. The lowest BCUT2D eigenvalue weighted by molar-refractivity contribution is 0.0415. The summed E-state index contributed by atoms with van der Waals surface area (Å²) in [7, 11) is 0. The molecule has 4 fully saturated rings. The first-order valence-electron chi connectivity index (χ1n) is 25.6. The van der Waals surface area contributed by atoms with Crippen LogP contribution in [0.1, 0.15) is 110 Å². The van der Waals surface area contributed by atoms with E-state index in [0.717, 1.165) is 24.0 Å². The van der Waals surface area contributed by atoms with E-state index in [2.05, 4.69) is 206 Å². The van der Waals surface area contributed by atoms with Gasteiger partial charge in [-0.05, 0) is 172 Å². The van der Waals surface area contributed by atoms with Crippen LogP contribution in [0.25, 0.3) is 16.7 Å². The van der Waals surface area contributed by atoms with Crippen molar-refractivity contribution in [3.8, 4) is 16.9 Å². The fourth-order valence-electron chi connectivity index (χ4n) is 15.9. The quantitative estimate of drug-likeness (QED) is 0.131. The average molecular weight is 883 g/mol. The first-order chi connectivity index (χ1) is 32.9. The molecule has 336 valence electrons. The molecule has 2 bridgehead atoms. The largest absolute Gasteiger partial charge is 0.485 e. The number of aryl methyl sites for hydroxylation is 7. The van der Waals surface area contributed by atoms with E-state index < -0.39 is 0 Å². The molecule has 0 radical (unpaired) electrons. The van der Waals surface area contributed by atoms with Gasteiger partial charge >= 0.3 is 0 Å². The second kappa shape index (κ2) is 15.2. The minimum absolute atomic E-state index is 0.0153. The predicted octanol–water partition coefficient (Wildman–Crippen LogP) is 13.5. The van der Waals surface area contributed by atoms with Crippen molar-refractivity contribution in [2.75, 3.05) is 0 Å². The molecule has 4 saturated carbocycles. The Morgan fingerprint density at radius 3 is 1.93 bits per heavy atom. The van der Waals surface area contributed by atoms with Crippen LogP contribution in [0.3, 0.4) is 0 Å². The highest BCUT2D eigenvalue weighted by molar-refractivity contribution is 6.96. The minimum atomic E-state index is 0.0153. The highest BCUT2D eigenvalue weighted by Crippen LogP contribution is 2.89. The Labute approximate surface area is 405 Å². The second-order valence-corrected chi connectivity index (χ2v) is 22.7. The lowest BCUT2D eigenvalue weighted by atomic mass is 9.34. The van der Waals surface area contributed by atoms with Crippen LogP contribution >= 0.6 is 0 Å². The third-order valence-corrected chi connectivity index (χ3v) is 18.7. The third-order valence-electron chi connectivity index (χ3n) is 18.7. The Morgan fingerprint density at radius 2 is 1.24 bits per heavy atom. The molecule has 1 aliphatic heterocycles. The summed E-state index contributed by atoms with van der Waals surface area (Å²) in [5.41, 5.74) is 27.4. The molecule has 5 aliphatic carbocycles. The van der Waals surface area contributed by atoms with Crippen LogP contribution in [0.15, 0.2) is 158 Å². The van der Waals surface area contributed by atoms with E-state index >= 15 is 0 Å². The van der Waals surface area contributed by atoms with E-state index in [9.17, 15) is 0 Å². The SMILES string of the molecule is Cc1cc(C)c(B(c2ccc3c(c2)C2C=C(c4ccc(C56CC7(c8ccc(Cc9ccccc9-c9ccccc9C)cc8)CC8CC5(C6)C8C7)cc4)C=CC2O3)c2c(C)cc(C)cc2C)c(C)c1. The summed E-state index contributed by atoms with van der Waals surface area (Å²) in [6, 6.07) is 54.3. The third kappa shape index (κ3) is 6.28. The number of hydrogen-bond acceptors (Lipinski definition) is 1. The Kier molecular flexibility index (Phi) is 9.39. The van der Waals surface area contributed by atoms with Crippen molar-refractivity contribution in [1.82, 2.24) is 0 Å². The molecule has 6 aliphatic rings. The standard InChI is InChI=1S/C66H63BO/c1-40-28-43(4)62(44(5)29-40)67(63-45(6)30-41(2)31-46(63)7)54-25-27-61-58(34-54)57-33-49(20-26-60(57)68-61)48-18-23-53(24-19-48)66-38-64(35-51-36-65(66,39-66)59(51)37-64)52-21-16-47(17-22-52)32-50-13-9-11-15-56(50)55-14-10-8-12-42(55)3/h8-31,33-34,51,57,59-60H,32,35-39H2,1-7H3. The van der Waals surface area contributed by atoms with Gasteiger partial charge in [-0.2, -0.15) is 0 Å². The molecular weight excluding hydrogens is 820 g/mol. The first-order valence-corrected chi connectivity index (χ1v) is 25.6. The Morgan fingerprint density at radius 1 is 0.588 bits per heavy atom. The van der Waals surface area contributed by atoms with Gasteiger partial charge in [-0.25, -0.2) is 0 Å². The van der Waals surface area contributed by atoms with Crippen molar-refractivity contribution >= 4 is 28.7 Å². The first kappa shape index (κ1) is 42.0. The van der Waals surface area contributed by atoms with E-state index in [-0.39, 0.29) is 24.1 Å². The summed E-state index contributed by atoms with van der Waals surface area (Å²) >= 11 is 0. The summed E-state index contributed by atoms with van der Waals surface area (Å²) < 4.78 is 6.70. The van der Waals surface area contributed by atoms with E-state index in [0.29, 0.717) is 10.8 Å². The van der Waals surface area contributed by atoms with Gasteiger partial charge in [0.15, 0.2) is 0 Å². The van der Waals surface area contributed by atoms with E-state index in [1.54, 1.807) is 11.1 Å². The smallest absolute Gasteiger partial charge is 0.242 e. The van der Waals surface area contributed by atoms with Gasteiger partial charge in [0, 0.05) is 16.9 Å². The molecule has 68 heavy (non-hydrogen) atoms. The van der Waals surface area contributed by atoms with E-state index in [1.165, 1.54) is 126 Å². The highest BCUT2D eigenvalue weighted by atomic mass is 16.5. The zero-order valence-corrected chi connectivity index (χ0v) is 41.0. The molecule has 0 aromatic heterocycles. The molecule has 0 amide bonds. The van der Waals surface area contributed by atoms with Crippen LogP contribution in [0.2, 0.25) is 0 Å². The average Bonchev–Trinajstić information content (AvgIpc) is 3.81. The van der Waals surface area contributed by atoms with Crippen molar-refractivity contribution in [3.05, 3.63) is 230 Å². The van der Waals surface area contributed by atoms with Crippen molar-refractivity contribution in [2.45, 2.75) is 110 Å². The van der Waals surface area contributed by atoms with Crippen LogP contribution in [0.5, 0.6) is 5.75 Å². The van der Waals surface area contributed by atoms with E-state index in [4.69, 9.17) is 4.74 Å². The van der Waals surface area contributed by atoms with Gasteiger partial charge < -0.3 is 4.74 Å². The Bertz CT molecular complexity index is 3170. The normalized spacial score (nSPS) is 26.5. The Hall–Kier alpha value is -6.12. The van der Waals surface area contributed by atoms with Crippen molar-refractivity contribution in [2.24, 2.45) is 17.3 Å². The van der Waals surface area contributed by atoms with E-state index in [1.807, 2.05) is 0 Å². The van der Waals surface area contributed by atoms with Gasteiger partial charge in [0.2, 0.25) is 6.71 Å². The topological polar surface area (TPSA) is 9.23 Å². The second-order valence-electron chi connectivity index (χ2n) is 22.7. The number of benzene rings is 7. The molecule has 1 heterocycles. The number of allylic oxidation sites excluding steroid dienone is 2. The van der Waals surface area contributed by atoms with Crippen molar-refractivity contribution < 1.29 is 4.74 Å². The van der Waals surface area contributed by atoms with Gasteiger partial charge in [-0.15, -0.1) is 0 Å². The van der Waals surface area contributed by atoms with Gasteiger partial charge in [-0.1, -0.05) is 195 Å². The lowest BCUT2D eigenvalue weighted by Gasteiger charge is -2.49. The van der Waals surface area contributed by atoms with Crippen LogP contribution < -0.4 is 21.1 Å². The van der Waals surface area contributed by atoms with Gasteiger partial charge in [0.05, 0.1) is 0 Å². The highest BCUT2D eigenvalue weighted by Gasteiger charge is 2.83. The molecule has 2 heteroatoms. The number of hydrogen-bond donors (Lipinski definition) is 0.